The van der Waals surface area contributed by atoms with E-state index in [1.165, 1.54) is 11.8 Å². The highest BCUT2D eigenvalue weighted by molar-refractivity contribution is 7.99. The van der Waals surface area contributed by atoms with Crippen LogP contribution in [0.2, 0.25) is 0 Å². The molecule has 0 unspecified atom stereocenters. The number of hydrogen-bond acceptors (Lipinski definition) is 8. The van der Waals surface area contributed by atoms with Gasteiger partial charge in [0.05, 0.1) is 31.8 Å². The van der Waals surface area contributed by atoms with Crippen LogP contribution in [0.5, 0.6) is 11.5 Å². The predicted molar refractivity (Wildman–Crippen MR) is 137 cm³/mol. The van der Waals surface area contributed by atoms with Gasteiger partial charge in [-0.05, 0) is 43.3 Å². The Hall–Kier alpha value is -3.83. The second kappa shape index (κ2) is 13.3. The van der Waals surface area contributed by atoms with Crippen LogP contribution < -0.4 is 20.1 Å². The number of nitrogens with one attached hydrogen (secondary N) is 2. The Kier molecular flexibility index (Phi) is 9.90. The van der Waals surface area contributed by atoms with Gasteiger partial charge in [0.15, 0.2) is 11.0 Å². The summed E-state index contributed by atoms with van der Waals surface area (Å²) in [5.74, 6) is 1.01. The molecule has 11 heteroatoms. The zero-order chi connectivity index (χ0) is 25.9. The maximum atomic E-state index is 12.7. The number of carbonyl (C=O) groups excluding carboxylic acids is 2. The first-order chi connectivity index (χ1) is 17.5. The van der Waals surface area contributed by atoms with Crippen molar-refractivity contribution in [1.82, 2.24) is 20.1 Å². The minimum absolute atomic E-state index is 0.0672. The maximum absolute atomic E-state index is 12.7. The van der Waals surface area contributed by atoms with E-state index < -0.39 is 12.6 Å². The topological polar surface area (TPSA) is 128 Å². The molecule has 0 aliphatic heterocycles. The summed E-state index contributed by atoms with van der Waals surface area (Å²) in [5, 5.41) is 24.4. The van der Waals surface area contributed by atoms with Gasteiger partial charge in [-0.25, -0.2) is 0 Å². The lowest BCUT2D eigenvalue weighted by atomic mass is 10.2. The van der Waals surface area contributed by atoms with Crippen LogP contribution >= 0.6 is 11.8 Å². The number of rotatable bonds is 13. The second-order valence-corrected chi connectivity index (χ2v) is 8.39. The molecule has 0 fully saturated rings. The molecule has 0 aliphatic carbocycles. The van der Waals surface area contributed by atoms with Crippen molar-refractivity contribution in [2.75, 3.05) is 31.4 Å². The van der Waals surface area contributed by atoms with Crippen LogP contribution in [0.15, 0.2) is 66.3 Å². The molecule has 1 aromatic heterocycles. The Morgan fingerprint density at radius 1 is 1.19 bits per heavy atom. The molecule has 0 radical (unpaired) electrons. The first kappa shape index (κ1) is 26.8. The van der Waals surface area contributed by atoms with Crippen molar-refractivity contribution < 1.29 is 24.2 Å². The van der Waals surface area contributed by atoms with Crippen molar-refractivity contribution in [3.63, 3.8) is 0 Å². The molecule has 2 aromatic carbocycles. The van der Waals surface area contributed by atoms with Gasteiger partial charge in [-0.15, -0.1) is 16.8 Å². The lowest BCUT2D eigenvalue weighted by Gasteiger charge is -2.17. The van der Waals surface area contributed by atoms with Crippen LogP contribution in [0.1, 0.15) is 29.1 Å². The first-order valence-electron chi connectivity index (χ1n) is 11.2. The Labute approximate surface area is 213 Å². The highest BCUT2D eigenvalue weighted by atomic mass is 32.2. The van der Waals surface area contributed by atoms with Crippen LogP contribution in [-0.2, 0) is 11.3 Å². The molecule has 0 aliphatic rings. The number of allylic oxidation sites excluding steroid dienone is 1. The van der Waals surface area contributed by atoms with Gasteiger partial charge in [0, 0.05) is 12.1 Å². The van der Waals surface area contributed by atoms with Gasteiger partial charge in [0.25, 0.3) is 5.91 Å². The fourth-order valence-corrected chi connectivity index (χ4v) is 4.06. The lowest BCUT2D eigenvalue weighted by Crippen LogP contribution is -2.33. The van der Waals surface area contributed by atoms with E-state index in [1.54, 1.807) is 54.2 Å². The van der Waals surface area contributed by atoms with Crippen molar-refractivity contribution >= 4 is 29.3 Å². The third-order valence-corrected chi connectivity index (χ3v) is 5.97. The maximum Gasteiger partial charge on any atom is 0.251 e. The van der Waals surface area contributed by atoms with Crippen molar-refractivity contribution in [2.45, 2.75) is 24.7 Å². The van der Waals surface area contributed by atoms with E-state index in [0.717, 1.165) is 0 Å². The molecule has 2 amide bonds. The summed E-state index contributed by atoms with van der Waals surface area (Å²) in [6, 6.07) is 13.0. The minimum Gasteiger partial charge on any atom is -0.497 e. The summed E-state index contributed by atoms with van der Waals surface area (Å²) in [6.07, 6.45) is 1.65. The zero-order valence-electron chi connectivity index (χ0n) is 20.1. The molecular weight excluding hydrogens is 482 g/mol. The number of aliphatic hydroxyl groups excluding tert-OH is 1. The zero-order valence-corrected chi connectivity index (χ0v) is 21.0. The predicted octanol–water partition coefficient (Wildman–Crippen LogP) is 3.07. The number of carbonyl (C=O) groups is 2. The monoisotopic (exact) mass is 511 g/mol. The van der Waals surface area contributed by atoms with Gasteiger partial charge in [0.2, 0.25) is 5.91 Å². The third kappa shape index (κ3) is 6.86. The first-order valence-corrected chi connectivity index (χ1v) is 12.2. The number of anilines is 1. The van der Waals surface area contributed by atoms with E-state index in [4.69, 9.17) is 9.47 Å². The number of ether oxygens (including phenoxy) is 2. The molecule has 0 saturated heterocycles. The Morgan fingerprint density at radius 2 is 1.94 bits per heavy atom. The standard InChI is InChI=1S/C25H29N5O5S/c1-4-14-30-23(20(15-31)27-24(33)17-10-12-18(34-3)13-11-17)28-29-25(30)36-16-22(32)26-19-8-6-7-9-21(19)35-5-2/h4,6-13,20,31H,1,5,14-16H2,2-3H3,(H,26,32)(H,27,33)/t20-/m0/s1. The summed E-state index contributed by atoms with van der Waals surface area (Å²) < 4.78 is 12.4. The second-order valence-electron chi connectivity index (χ2n) is 7.44. The van der Waals surface area contributed by atoms with Gasteiger partial charge in [-0.1, -0.05) is 30.0 Å². The summed E-state index contributed by atoms with van der Waals surface area (Å²) in [4.78, 5) is 25.3. The number of nitrogens with zero attached hydrogens (tertiary/aromatic N) is 3. The van der Waals surface area contributed by atoms with Crippen molar-refractivity contribution in [2.24, 2.45) is 0 Å². The third-order valence-electron chi connectivity index (χ3n) is 5.00. The Balaban J connectivity index is 1.69. The van der Waals surface area contributed by atoms with E-state index in [2.05, 4.69) is 27.4 Å². The number of methoxy groups -OCH3 is 1. The quantitative estimate of drug-likeness (QED) is 0.236. The Morgan fingerprint density at radius 3 is 2.61 bits per heavy atom. The molecule has 36 heavy (non-hydrogen) atoms. The number of aromatic nitrogens is 3. The average Bonchev–Trinajstić information content (AvgIpc) is 3.29. The molecule has 1 atom stereocenters. The fraction of sp³-hybridized carbons (Fsp3) is 0.280. The molecule has 3 rings (SSSR count). The van der Waals surface area contributed by atoms with Gasteiger partial charge in [-0.2, -0.15) is 0 Å². The number of aliphatic hydroxyl groups is 1. The number of thioether (sulfide) groups is 1. The number of benzene rings is 2. The molecule has 10 nitrogen and oxygen atoms in total. The van der Waals surface area contributed by atoms with Crippen LogP contribution in [0.3, 0.4) is 0 Å². The lowest BCUT2D eigenvalue weighted by molar-refractivity contribution is -0.113. The number of amides is 2. The molecule has 3 aromatic rings. The van der Waals surface area contributed by atoms with E-state index in [-0.39, 0.29) is 17.6 Å². The van der Waals surface area contributed by atoms with Crippen molar-refractivity contribution in [3.05, 3.63) is 72.6 Å². The molecule has 190 valence electrons. The van der Waals surface area contributed by atoms with Gasteiger partial charge in [0.1, 0.15) is 17.5 Å². The summed E-state index contributed by atoms with van der Waals surface area (Å²) in [7, 11) is 1.54. The van der Waals surface area contributed by atoms with E-state index >= 15 is 0 Å². The largest absolute Gasteiger partial charge is 0.497 e. The fourth-order valence-electron chi connectivity index (χ4n) is 3.31. The highest BCUT2D eigenvalue weighted by Gasteiger charge is 2.23. The highest BCUT2D eigenvalue weighted by Crippen LogP contribution is 2.25. The van der Waals surface area contributed by atoms with E-state index in [9.17, 15) is 14.7 Å². The van der Waals surface area contributed by atoms with Crippen LogP contribution in [0.4, 0.5) is 5.69 Å². The SMILES string of the molecule is C=CCn1c(SCC(=O)Nc2ccccc2OCC)nnc1[C@H](CO)NC(=O)c1ccc(OC)cc1. The molecule has 0 saturated carbocycles. The molecule has 0 spiro atoms. The number of para-hydroxylation sites is 2. The molecular formula is C25H29N5O5S. The molecule has 3 N–H and O–H groups in total. The number of hydrogen-bond donors (Lipinski definition) is 3. The van der Waals surface area contributed by atoms with E-state index in [0.29, 0.717) is 46.9 Å². The molecule has 1 heterocycles. The van der Waals surface area contributed by atoms with Crippen LogP contribution in [-0.4, -0.2) is 57.8 Å². The summed E-state index contributed by atoms with van der Waals surface area (Å²) in [6.45, 7) is 6.06. The van der Waals surface area contributed by atoms with Crippen molar-refractivity contribution in [1.29, 1.82) is 0 Å². The normalized spacial score (nSPS) is 11.4. The molecule has 0 bridgehead atoms. The minimum atomic E-state index is -0.812. The van der Waals surface area contributed by atoms with Gasteiger partial charge < -0.3 is 29.8 Å². The average molecular weight is 512 g/mol. The van der Waals surface area contributed by atoms with Crippen molar-refractivity contribution in [3.8, 4) is 11.5 Å². The van der Waals surface area contributed by atoms with Crippen LogP contribution in [0.25, 0.3) is 0 Å². The van der Waals surface area contributed by atoms with Gasteiger partial charge in [-0.3, -0.25) is 9.59 Å². The Bertz CT molecular complexity index is 1180. The smallest absolute Gasteiger partial charge is 0.251 e. The van der Waals surface area contributed by atoms with Gasteiger partial charge >= 0.3 is 0 Å². The van der Waals surface area contributed by atoms with Crippen LogP contribution in [0, 0.1) is 0 Å². The summed E-state index contributed by atoms with van der Waals surface area (Å²) >= 11 is 1.18. The van der Waals surface area contributed by atoms with E-state index in [1.807, 2.05) is 19.1 Å². The summed E-state index contributed by atoms with van der Waals surface area (Å²) in [5.41, 5.74) is 0.988.